The SMILES string of the molecule is COCCNCc1c(C)nn(CC2CC2)c1C. The third-order valence-electron chi connectivity index (χ3n) is 3.44. The molecule has 4 heteroatoms. The van der Waals surface area contributed by atoms with Gasteiger partial charge in [-0.1, -0.05) is 0 Å². The highest BCUT2D eigenvalue weighted by molar-refractivity contribution is 5.24. The van der Waals surface area contributed by atoms with Crippen molar-refractivity contribution >= 4 is 0 Å². The van der Waals surface area contributed by atoms with Crippen LogP contribution in [-0.2, 0) is 17.8 Å². The van der Waals surface area contributed by atoms with Crippen LogP contribution in [-0.4, -0.2) is 30.0 Å². The van der Waals surface area contributed by atoms with Crippen LogP contribution in [0.5, 0.6) is 0 Å². The van der Waals surface area contributed by atoms with Crippen molar-refractivity contribution in [3.63, 3.8) is 0 Å². The molecular formula is C13H23N3O. The van der Waals surface area contributed by atoms with Crippen LogP contribution in [0, 0.1) is 19.8 Å². The van der Waals surface area contributed by atoms with E-state index in [-0.39, 0.29) is 0 Å². The molecular weight excluding hydrogens is 214 g/mol. The predicted octanol–water partition coefficient (Wildman–Crippen LogP) is 1.65. The first-order chi connectivity index (χ1) is 8.22. The number of nitrogens with one attached hydrogen (secondary N) is 1. The van der Waals surface area contributed by atoms with Crippen molar-refractivity contribution in [2.75, 3.05) is 20.3 Å². The zero-order chi connectivity index (χ0) is 12.3. The third-order valence-corrected chi connectivity index (χ3v) is 3.44. The fourth-order valence-corrected chi connectivity index (χ4v) is 2.10. The van der Waals surface area contributed by atoms with Gasteiger partial charge in [0.15, 0.2) is 0 Å². The van der Waals surface area contributed by atoms with Crippen molar-refractivity contribution < 1.29 is 4.74 Å². The molecule has 1 heterocycles. The molecule has 2 rings (SSSR count). The van der Waals surface area contributed by atoms with E-state index in [0.29, 0.717) is 0 Å². The second-order valence-corrected chi connectivity index (χ2v) is 4.94. The Hall–Kier alpha value is -0.870. The Morgan fingerprint density at radius 3 is 2.82 bits per heavy atom. The van der Waals surface area contributed by atoms with Gasteiger partial charge in [-0.05, 0) is 32.6 Å². The lowest BCUT2D eigenvalue weighted by Gasteiger charge is -2.06. The van der Waals surface area contributed by atoms with Gasteiger partial charge in [-0.25, -0.2) is 0 Å². The van der Waals surface area contributed by atoms with Crippen LogP contribution in [0.4, 0.5) is 0 Å². The van der Waals surface area contributed by atoms with Gasteiger partial charge >= 0.3 is 0 Å². The summed E-state index contributed by atoms with van der Waals surface area (Å²) in [6.45, 7) is 7.92. The van der Waals surface area contributed by atoms with Crippen molar-refractivity contribution in [1.29, 1.82) is 0 Å². The van der Waals surface area contributed by atoms with Gasteiger partial charge < -0.3 is 10.1 Å². The van der Waals surface area contributed by atoms with E-state index >= 15 is 0 Å². The highest BCUT2D eigenvalue weighted by Crippen LogP contribution is 2.31. The summed E-state index contributed by atoms with van der Waals surface area (Å²) in [4.78, 5) is 0. The summed E-state index contributed by atoms with van der Waals surface area (Å²) in [6.07, 6.45) is 2.75. The summed E-state index contributed by atoms with van der Waals surface area (Å²) >= 11 is 0. The second-order valence-electron chi connectivity index (χ2n) is 4.94. The number of hydrogen-bond donors (Lipinski definition) is 1. The van der Waals surface area contributed by atoms with E-state index in [1.807, 2.05) is 0 Å². The Balaban J connectivity index is 1.92. The standard InChI is InChI=1S/C13H23N3O/c1-10-13(8-14-6-7-17-3)11(2)16(15-10)9-12-4-5-12/h12,14H,4-9H2,1-3H3. The fourth-order valence-electron chi connectivity index (χ4n) is 2.10. The van der Waals surface area contributed by atoms with Gasteiger partial charge in [-0.15, -0.1) is 0 Å². The molecule has 1 aromatic rings. The maximum absolute atomic E-state index is 5.02. The Kier molecular flexibility index (Phi) is 4.18. The Bertz CT molecular complexity index is 369. The van der Waals surface area contributed by atoms with Crippen molar-refractivity contribution in [3.05, 3.63) is 17.0 Å². The Labute approximate surface area is 103 Å². The van der Waals surface area contributed by atoms with Gasteiger partial charge in [-0.3, -0.25) is 4.68 Å². The normalized spacial score (nSPS) is 15.5. The molecule has 0 amide bonds. The average molecular weight is 237 g/mol. The van der Waals surface area contributed by atoms with E-state index in [4.69, 9.17) is 4.74 Å². The number of methoxy groups -OCH3 is 1. The molecule has 17 heavy (non-hydrogen) atoms. The van der Waals surface area contributed by atoms with Crippen LogP contribution in [0.25, 0.3) is 0 Å². The molecule has 1 aliphatic carbocycles. The molecule has 1 aromatic heterocycles. The van der Waals surface area contributed by atoms with E-state index in [2.05, 4.69) is 28.9 Å². The number of ether oxygens (including phenoxy) is 1. The lowest BCUT2D eigenvalue weighted by Crippen LogP contribution is -2.19. The summed E-state index contributed by atoms with van der Waals surface area (Å²) in [6, 6.07) is 0. The van der Waals surface area contributed by atoms with Crippen LogP contribution in [0.15, 0.2) is 0 Å². The minimum Gasteiger partial charge on any atom is -0.383 e. The molecule has 0 radical (unpaired) electrons. The second kappa shape index (κ2) is 5.65. The molecule has 0 unspecified atom stereocenters. The van der Waals surface area contributed by atoms with Gasteiger partial charge in [0.05, 0.1) is 12.3 Å². The van der Waals surface area contributed by atoms with Gasteiger partial charge in [0.1, 0.15) is 0 Å². The van der Waals surface area contributed by atoms with Crippen LogP contribution < -0.4 is 5.32 Å². The number of aryl methyl sites for hydroxylation is 1. The maximum Gasteiger partial charge on any atom is 0.0641 e. The van der Waals surface area contributed by atoms with Crippen molar-refractivity contribution in [2.24, 2.45) is 5.92 Å². The summed E-state index contributed by atoms with van der Waals surface area (Å²) < 4.78 is 7.20. The summed E-state index contributed by atoms with van der Waals surface area (Å²) in [7, 11) is 1.73. The summed E-state index contributed by atoms with van der Waals surface area (Å²) in [5.41, 5.74) is 3.83. The molecule has 0 aromatic carbocycles. The molecule has 1 fully saturated rings. The summed E-state index contributed by atoms with van der Waals surface area (Å²) in [5, 5.41) is 8.02. The van der Waals surface area contributed by atoms with Gasteiger partial charge in [0.25, 0.3) is 0 Å². The largest absolute Gasteiger partial charge is 0.383 e. The first-order valence-electron chi connectivity index (χ1n) is 6.45. The molecule has 1 saturated carbocycles. The van der Waals surface area contributed by atoms with Crippen molar-refractivity contribution in [3.8, 4) is 0 Å². The van der Waals surface area contributed by atoms with Crippen LogP contribution >= 0.6 is 0 Å². The molecule has 0 bridgehead atoms. The predicted molar refractivity (Wildman–Crippen MR) is 68.0 cm³/mol. The molecule has 0 atom stereocenters. The smallest absolute Gasteiger partial charge is 0.0641 e. The first kappa shape index (κ1) is 12.6. The quantitative estimate of drug-likeness (QED) is 0.733. The third kappa shape index (κ3) is 3.30. The molecule has 1 aliphatic rings. The zero-order valence-electron chi connectivity index (χ0n) is 11.1. The van der Waals surface area contributed by atoms with Crippen LogP contribution in [0.1, 0.15) is 29.8 Å². The highest BCUT2D eigenvalue weighted by atomic mass is 16.5. The lowest BCUT2D eigenvalue weighted by molar-refractivity contribution is 0.199. The zero-order valence-corrected chi connectivity index (χ0v) is 11.1. The molecule has 1 N–H and O–H groups in total. The minimum atomic E-state index is 0.758. The van der Waals surface area contributed by atoms with Crippen molar-refractivity contribution in [2.45, 2.75) is 39.8 Å². The molecule has 0 aliphatic heterocycles. The number of rotatable bonds is 7. The van der Waals surface area contributed by atoms with E-state index in [1.165, 1.54) is 24.1 Å². The number of hydrogen-bond acceptors (Lipinski definition) is 3. The van der Waals surface area contributed by atoms with Crippen LogP contribution in [0.3, 0.4) is 0 Å². The van der Waals surface area contributed by atoms with Gasteiger partial charge in [0.2, 0.25) is 0 Å². The minimum absolute atomic E-state index is 0.758. The topological polar surface area (TPSA) is 39.1 Å². The van der Waals surface area contributed by atoms with E-state index in [1.54, 1.807) is 7.11 Å². The van der Waals surface area contributed by atoms with Gasteiger partial charge in [0, 0.05) is 38.0 Å². The molecule has 0 spiro atoms. The molecule has 0 saturated heterocycles. The lowest BCUT2D eigenvalue weighted by atomic mass is 10.2. The first-order valence-corrected chi connectivity index (χ1v) is 6.45. The Morgan fingerprint density at radius 1 is 1.41 bits per heavy atom. The monoisotopic (exact) mass is 237 g/mol. The van der Waals surface area contributed by atoms with E-state index < -0.39 is 0 Å². The van der Waals surface area contributed by atoms with Gasteiger partial charge in [-0.2, -0.15) is 5.10 Å². The fraction of sp³-hybridized carbons (Fsp3) is 0.769. The Morgan fingerprint density at radius 2 is 2.18 bits per heavy atom. The highest BCUT2D eigenvalue weighted by Gasteiger charge is 2.23. The van der Waals surface area contributed by atoms with E-state index in [9.17, 15) is 0 Å². The number of nitrogens with zero attached hydrogens (tertiary/aromatic N) is 2. The molecule has 4 nitrogen and oxygen atoms in total. The maximum atomic E-state index is 5.02. The average Bonchev–Trinajstić information content (AvgIpc) is 3.06. The number of aromatic nitrogens is 2. The summed E-state index contributed by atoms with van der Waals surface area (Å²) in [5.74, 6) is 0.877. The van der Waals surface area contributed by atoms with E-state index in [0.717, 1.165) is 37.9 Å². The van der Waals surface area contributed by atoms with Crippen molar-refractivity contribution in [1.82, 2.24) is 15.1 Å². The van der Waals surface area contributed by atoms with Crippen LogP contribution in [0.2, 0.25) is 0 Å². The molecule has 96 valence electrons.